The molecule has 2 atom stereocenters. The van der Waals surface area contributed by atoms with Gasteiger partial charge in [0.15, 0.2) is 0 Å². The normalized spacial score (nSPS) is 24.6. The molecular weight excluding hydrogens is 180 g/mol. The molecular formula is C10H12N2O2. The van der Waals surface area contributed by atoms with E-state index < -0.39 is 0 Å². The van der Waals surface area contributed by atoms with Gasteiger partial charge in [0.05, 0.1) is 4.92 Å². The summed E-state index contributed by atoms with van der Waals surface area (Å²) in [7, 11) is 0. The largest absolute Gasteiger partial charge is 0.330 e. The molecule has 4 nitrogen and oxygen atoms in total. The van der Waals surface area contributed by atoms with E-state index in [0.29, 0.717) is 18.4 Å². The number of nitro benzene ring substituents is 1. The first-order chi connectivity index (χ1) is 6.74. The lowest BCUT2D eigenvalue weighted by atomic mass is 10.1. The molecule has 0 saturated heterocycles. The molecule has 1 aliphatic rings. The number of benzene rings is 1. The van der Waals surface area contributed by atoms with Gasteiger partial charge in [0.25, 0.3) is 5.69 Å². The molecule has 1 aromatic rings. The molecule has 1 aromatic carbocycles. The summed E-state index contributed by atoms with van der Waals surface area (Å²) in [5.74, 6) is 0.748. The summed E-state index contributed by atoms with van der Waals surface area (Å²) in [5, 5.41) is 10.7. The maximum absolute atomic E-state index is 10.7. The minimum absolute atomic E-state index is 0.230. The maximum atomic E-state index is 10.7. The minimum atomic E-state index is -0.318. The fraction of sp³-hybridized carbons (Fsp3) is 0.400. The van der Waals surface area contributed by atoms with Crippen LogP contribution >= 0.6 is 0 Å². The van der Waals surface area contributed by atoms with Crippen LogP contribution in [-0.2, 0) is 0 Å². The number of hydrogen-bond donors (Lipinski definition) is 1. The van der Waals surface area contributed by atoms with Crippen LogP contribution in [0.4, 0.5) is 5.69 Å². The van der Waals surface area contributed by atoms with E-state index in [1.807, 2.05) is 12.1 Å². The van der Waals surface area contributed by atoms with Crippen LogP contribution < -0.4 is 5.73 Å². The molecule has 1 fully saturated rings. The highest BCUT2D eigenvalue weighted by molar-refractivity contribution is 5.45. The van der Waals surface area contributed by atoms with Gasteiger partial charge in [-0.1, -0.05) is 18.2 Å². The second-order valence-electron chi connectivity index (χ2n) is 3.65. The molecule has 0 heterocycles. The van der Waals surface area contributed by atoms with E-state index in [9.17, 15) is 10.1 Å². The van der Waals surface area contributed by atoms with Crippen molar-refractivity contribution in [2.45, 2.75) is 12.3 Å². The van der Waals surface area contributed by atoms with Gasteiger partial charge in [0.2, 0.25) is 0 Å². The van der Waals surface area contributed by atoms with Gasteiger partial charge in [-0.2, -0.15) is 0 Å². The predicted molar refractivity (Wildman–Crippen MR) is 53.0 cm³/mol. The molecule has 2 N–H and O–H groups in total. The Morgan fingerprint density at radius 1 is 1.50 bits per heavy atom. The van der Waals surface area contributed by atoms with Gasteiger partial charge in [0, 0.05) is 11.6 Å². The van der Waals surface area contributed by atoms with E-state index in [1.165, 1.54) is 0 Å². The monoisotopic (exact) mass is 192 g/mol. The molecule has 0 aliphatic heterocycles. The van der Waals surface area contributed by atoms with Gasteiger partial charge < -0.3 is 5.73 Å². The van der Waals surface area contributed by atoms with Crippen LogP contribution in [0.25, 0.3) is 0 Å². The first-order valence-electron chi connectivity index (χ1n) is 4.67. The highest BCUT2D eigenvalue weighted by Crippen LogP contribution is 2.49. The van der Waals surface area contributed by atoms with Gasteiger partial charge in [-0.3, -0.25) is 10.1 Å². The highest BCUT2D eigenvalue weighted by Gasteiger charge is 2.40. The fourth-order valence-corrected chi connectivity index (χ4v) is 1.86. The molecule has 1 saturated carbocycles. The Bertz CT molecular complexity index is 365. The van der Waals surface area contributed by atoms with E-state index in [2.05, 4.69) is 0 Å². The van der Waals surface area contributed by atoms with Crippen molar-refractivity contribution in [1.29, 1.82) is 0 Å². The van der Waals surface area contributed by atoms with Crippen molar-refractivity contribution in [2.75, 3.05) is 6.54 Å². The molecule has 4 heteroatoms. The Morgan fingerprint density at radius 3 is 2.79 bits per heavy atom. The van der Waals surface area contributed by atoms with E-state index >= 15 is 0 Å². The molecule has 1 aliphatic carbocycles. The fourth-order valence-electron chi connectivity index (χ4n) is 1.86. The number of nitro groups is 1. The highest BCUT2D eigenvalue weighted by atomic mass is 16.6. The summed E-state index contributed by atoms with van der Waals surface area (Å²) in [5.41, 5.74) is 6.59. The second kappa shape index (κ2) is 3.38. The summed E-state index contributed by atoms with van der Waals surface area (Å²) < 4.78 is 0. The molecule has 14 heavy (non-hydrogen) atoms. The molecule has 0 bridgehead atoms. The van der Waals surface area contributed by atoms with Crippen LogP contribution in [0.5, 0.6) is 0 Å². The number of para-hydroxylation sites is 1. The number of hydrogen-bond acceptors (Lipinski definition) is 3. The topological polar surface area (TPSA) is 69.2 Å². The summed E-state index contributed by atoms with van der Waals surface area (Å²) >= 11 is 0. The summed E-state index contributed by atoms with van der Waals surface area (Å²) in [6.45, 7) is 0.622. The summed E-state index contributed by atoms with van der Waals surface area (Å²) in [6, 6.07) is 6.93. The Kier molecular flexibility index (Phi) is 2.21. The van der Waals surface area contributed by atoms with Crippen molar-refractivity contribution >= 4 is 5.69 Å². The first-order valence-corrected chi connectivity index (χ1v) is 4.67. The van der Waals surface area contributed by atoms with Crippen molar-refractivity contribution in [1.82, 2.24) is 0 Å². The molecule has 0 aromatic heterocycles. The van der Waals surface area contributed by atoms with Crippen LogP contribution in [0.2, 0.25) is 0 Å². The van der Waals surface area contributed by atoms with Crippen molar-refractivity contribution < 1.29 is 4.92 Å². The Labute approximate surface area is 81.9 Å². The molecule has 74 valence electrons. The van der Waals surface area contributed by atoms with E-state index in [0.717, 1.165) is 12.0 Å². The quantitative estimate of drug-likeness (QED) is 0.584. The third-order valence-electron chi connectivity index (χ3n) is 2.76. The van der Waals surface area contributed by atoms with E-state index in [1.54, 1.807) is 12.1 Å². The lowest BCUT2D eigenvalue weighted by molar-refractivity contribution is -0.385. The van der Waals surface area contributed by atoms with Crippen molar-refractivity contribution in [3.05, 3.63) is 39.9 Å². The smallest absolute Gasteiger partial charge is 0.272 e. The third kappa shape index (κ3) is 1.48. The molecule has 0 radical (unpaired) electrons. The molecule has 0 spiro atoms. The van der Waals surface area contributed by atoms with E-state index in [4.69, 9.17) is 5.73 Å². The third-order valence-corrected chi connectivity index (χ3v) is 2.76. The SMILES string of the molecule is NCC1CC1c1ccccc1[N+](=O)[O-]. The van der Waals surface area contributed by atoms with Gasteiger partial charge in [0.1, 0.15) is 0 Å². The second-order valence-corrected chi connectivity index (χ2v) is 3.65. The lowest BCUT2D eigenvalue weighted by Crippen LogP contribution is -2.03. The van der Waals surface area contributed by atoms with Crippen LogP contribution in [0.1, 0.15) is 17.9 Å². The molecule has 2 rings (SSSR count). The average molecular weight is 192 g/mol. The Balaban J connectivity index is 2.29. The zero-order valence-corrected chi connectivity index (χ0v) is 7.72. The van der Waals surface area contributed by atoms with E-state index in [-0.39, 0.29) is 10.6 Å². The minimum Gasteiger partial charge on any atom is -0.330 e. The van der Waals surface area contributed by atoms with Crippen molar-refractivity contribution in [3.63, 3.8) is 0 Å². The summed E-state index contributed by atoms with van der Waals surface area (Å²) in [4.78, 5) is 10.4. The van der Waals surface area contributed by atoms with Crippen LogP contribution in [-0.4, -0.2) is 11.5 Å². The zero-order chi connectivity index (χ0) is 10.1. The lowest BCUT2D eigenvalue weighted by Gasteiger charge is -2.00. The first kappa shape index (κ1) is 9.15. The zero-order valence-electron chi connectivity index (χ0n) is 7.72. The average Bonchev–Trinajstić information content (AvgIpc) is 2.96. The standard InChI is InChI=1S/C10H12N2O2/c11-6-7-5-9(7)8-3-1-2-4-10(8)12(13)14/h1-4,7,9H,5-6,11H2. The maximum Gasteiger partial charge on any atom is 0.272 e. The number of rotatable bonds is 3. The van der Waals surface area contributed by atoms with Gasteiger partial charge >= 0.3 is 0 Å². The summed E-state index contributed by atoms with van der Waals surface area (Å²) in [6.07, 6.45) is 0.987. The van der Waals surface area contributed by atoms with Crippen molar-refractivity contribution in [3.8, 4) is 0 Å². The number of nitrogens with zero attached hydrogens (tertiary/aromatic N) is 1. The van der Waals surface area contributed by atoms with Crippen LogP contribution in [0, 0.1) is 16.0 Å². The van der Waals surface area contributed by atoms with Crippen LogP contribution in [0.15, 0.2) is 24.3 Å². The van der Waals surface area contributed by atoms with Gasteiger partial charge in [-0.05, 0) is 24.8 Å². The number of nitrogens with two attached hydrogens (primary N) is 1. The Hall–Kier alpha value is -1.42. The van der Waals surface area contributed by atoms with Crippen LogP contribution in [0.3, 0.4) is 0 Å². The Morgan fingerprint density at radius 2 is 2.21 bits per heavy atom. The van der Waals surface area contributed by atoms with Gasteiger partial charge in [-0.15, -0.1) is 0 Å². The van der Waals surface area contributed by atoms with Crippen molar-refractivity contribution in [2.24, 2.45) is 11.7 Å². The van der Waals surface area contributed by atoms with Gasteiger partial charge in [-0.25, -0.2) is 0 Å². The predicted octanol–water partition coefficient (Wildman–Crippen LogP) is 1.66. The molecule has 2 unspecified atom stereocenters. The molecule has 0 amide bonds.